The maximum absolute atomic E-state index is 13.0. The van der Waals surface area contributed by atoms with Crippen LogP contribution in [0.3, 0.4) is 0 Å². The molecule has 1 atom stereocenters. The molecule has 0 bridgehead atoms. The Morgan fingerprint density at radius 3 is 2.44 bits per heavy atom. The topological polar surface area (TPSA) is 67.7 Å². The monoisotopic (exact) mass is 368 g/mol. The normalized spacial score (nSPS) is 21.8. The molecular weight excluding hydrogens is 340 g/mol. The fourth-order valence-electron chi connectivity index (χ4n) is 3.90. The lowest BCUT2D eigenvalue weighted by Gasteiger charge is -2.43. The number of nitrogens with zero attached hydrogens (tertiary/aromatic N) is 4. The number of hydrogen-bond acceptors (Lipinski definition) is 4. The molecule has 3 rings (SSSR count). The van der Waals surface area contributed by atoms with Gasteiger partial charge < -0.3 is 9.80 Å². The van der Waals surface area contributed by atoms with E-state index in [1.54, 1.807) is 18.7 Å². The van der Waals surface area contributed by atoms with Crippen LogP contribution >= 0.6 is 0 Å². The minimum Gasteiger partial charge on any atom is -0.339 e. The van der Waals surface area contributed by atoms with Crippen LogP contribution in [0.2, 0.25) is 0 Å². The SMILES string of the molecule is CC(C)(C#N)C(=O)N1CCN([C@H]2CCCN(Cc3ccccc3)C2=O)CC1. The molecule has 27 heavy (non-hydrogen) atoms. The summed E-state index contributed by atoms with van der Waals surface area (Å²) in [6, 6.07) is 12.1. The Labute approximate surface area is 161 Å². The van der Waals surface area contributed by atoms with Crippen LogP contribution in [0, 0.1) is 16.7 Å². The van der Waals surface area contributed by atoms with E-state index in [1.807, 2.05) is 23.1 Å². The van der Waals surface area contributed by atoms with Crippen LogP contribution in [0.5, 0.6) is 0 Å². The largest absolute Gasteiger partial charge is 0.339 e. The molecule has 0 unspecified atom stereocenters. The highest BCUT2D eigenvalue weighted by Gasteiger charge is 2.38. The fraction of sp³-hybridized carbons (Fsp3) is 0.571. The molecule has 2 aliphatic heterocycles. The molecule has 2 saturated heterocycles. The highest BCUT2D eigenvalue weighted by molar-refractivity contribution is 5.85. The average molecular weight is 368 g/mol. The Balaban J connectivity index is 1.58. The van der Waals surface area contributed by atoms with E-state index < -0.39 is 5.41 Å². The van der Waals surface area contributed by atoms with Crippen LogP contribution < -0.4 is 0 Å². The van der Waals surface area contributed by atoms with Crippen molar-refractivity contribution in [2.45, 2.75) is 39.3 Å². The third kappa shape index (κ3) is 4.30. The van der Waals surface area contributed by atoms with Crippen LogP contribution in [0.25, 0.3) is 0 Å². The minimum absolute atomic E-state index is 0.0938. The van der Waals surface area contributed by atoms with Gasteiger partial charge in [-0.2, -0.15) is 5.26 Å². The maximum Gasteiger partial charge on any atom is 0.242 e. The van der Waals surface area contributed by atoms with Gasteiger partial charge >= 0.3 is 0 Å². The average Bonchev–Trinajstić information content (AvgIpc) is 2.70. The predicted octanol–water partition coefficient (Wildman–Crippen LogP) is 1.87. The Morgan fingerprint density at radius 1 is 1.15 bits per heavy atom. The first-order valence-corrected chi connectivity index (χ1v) is 9.70. The molecule has 0 saturated carbocycles. The number of likely N-dealkylation sites (tertiary alicyclic amines) is 1. The quantitative estimate of drug-likeness (QED) is 0.814. The first-order chi connectivity index (χ1) is 12.9. The van der Waals surface area contributed by atoms with E-state index in [4.69, 9.17) is 0 Å². The number of amides is 2. The van der Waals surface area contributed by atoms with E-state index in [-0.39, 0.29) is 17.9 Å². The summed E-state index contributed by atoms with van der Waals surface area (Å²) in [5.74, 6) is 0.0764. The lowest BCUT2D eigenvalue weighted by Crippen LogP contribution is -2.59. The molecule has 0 N–H and O–H groups in total. The Hall–Kier alpha value is -2.39. The second kappa shape index (κ2) is 8.10. The van der Waals surface area contributed by atoms with Crippen LogP contribution in [0.1, 0.15) is 32.3 Å². The van der Waals surface area contributed by atoms with Crippen molar-refractivity contribution in [1.29, 1.82) is 5.26 Å². The molecule has 2 amide bonds. The summed E-state index contributed by atoms with van der Waals surface area (Å²) >= 11 is 0. The fourth-order valence-corrected chi connectivity index (χ4v) is 3.90. The molecule has 1 aromatic rings. The summed E-state index contributed by atoms with van der Waals surface area (Å²) in [4.78, 5) is 31.4. The number of carbonyl (C=O) groups is 2. The van der Waals surface area contributed by atoms with E-state index in [2.05, 4.69) is 23.1 Å². The van der Waals surface area contributed by atoms with E-state index in [0.29, 0.717) is 32.7 Å². The third-order valence-electron chi connectivity index (χ3n) is 5.58. The van der Waals surface area contributed by atoms with Crippen LogP contribution in [-0.2, 0) is 16.1 Å². The number of carbonyl (C=O) groups excluding carboxylic acids is 2. The van der Waals surface area contributed by atoms with Gasteiger partial charge in [0.25, 0.3) is 0 Å². The lowest BCUT2D eigenvalue weighted by molar-refractivity contribution is -0.144. The molecule has 0 spiro atoms. The molecule has 6 heteroatoms. The highest BCUT2D eigenvalue weighted by atomic mass is 16.2. The standard InChI is InChI=1S/C21H28N4O2/c1-21(2,16-22)20(27)24-13-11-23(12-14-24)18-9-6-10-25(19(18)26)15-17-7-4-3-5-8-17/h3-5,7-8,18H,6,9-15H2,1-2H3/t18-/m0/s1. The smallest absolute Gasteiger partial charge is 0.242 e. The Morgan fingerprint density at radius 2 is 1.81 bits per heavy atom. The van der Waals surface area contributed by atoms with Gasteiger partial charge in [-0.25, -0.2) is 0 Å². The molecule has 1 aromatic carbocycles. The molecule has 2 heterocycles. The molecular formula is C21H28N4O2. The van der Waals surface area contributed by atoms with Gasteiger partial charge in [-0.3, -0.25) is 14.5 Å². The molecule has 0 radical (unpaired) electrons. The Bertz CT molecular complexity index is 717. The van der Waals surface area contributed by atoms with Crippen molar-refractivity contribution in [2.24, 2.45) is 5.41 Å². The van der Waals surface area contributed by atoms with E-state index in [9.17, 15) is 14.9 Å². The van der Waals surface area contributed by atoms with Gasteiger partial charge in [0.05, 0.1) is 12.1 Å². The summed E-state index contributed by atoms with van der Waals surface area (Å²) in [7, 11) is 0. The predicted molar refractivity (Wildman–Crippen MR) is 102 cm³/mol. The van der Waals surface area contributed by atoms with Crippen molar-refractivity contribution < 1.29 is 9.59 Å². The van der Waals surface area contributed by atoms with Crippen LogP contribution in [0.15, 0.2) is 30.3 Å². The summed E-state index contributed by atoms with van der Waals surface area (Å²) in [5.41, 5.74) is 0.163. The number of piperidine rings is 1. The van der Waals surface area contributed by atoms with Crippen molar-refractivity contribution >= 4 is 11.8 Å². The first-order valence-electron chi connectivity index (χ1n) is 9.70. The summed E-state index contributed by atoms with van der Waals surface area (Å²) < 4.78 is 0. The molecule has 2 aliphatic rings. The van der Waals surface area contributed by atoms with E-state index in [1.165, 1.54) is 0 Å². The van der Waals surface area contributed by atoms with Gasteiger partial charge in [-0.15, -0.1) is 0 Å². The van der Waals surface area contributed by atoms with Gasteiger partial charge in [0.15, 0.2) is 0 Å². The summed E-state index contributed by atoms with van der Waals surface area (Å²) in [6.07, 6.45) is 1.88. The summed E-state index contributed by atoms with van der Waals surface area (Å²) in [6.45, 7) is 7.30. The van der Waals surface area contributed by atoms with Crippen LogP contribution in [0.4, 0.5) is 0 Å². The number of rotatable bonds is 4. The first kappa shape index (κ1) is 19.4. The maximum atomic E-state index is 13.0. The lowest BCUT2D eigenvalue weighted by atomic mass is 9.93. The van der Waals surface area contributed by atoms with Crippen molar-refractivity contribution in [2.75, 3.05) is 32.7 Å². The van der Waals surface area contributed by atoms with Gasteiger partial charge in [-0.1, -0.05) is 30.3 Å². The third-order valence-corrected chi connectivity index (χ3v) is 5.58. The number of piperazine rings is 1. The zero-order chi connectivity index (χ0) is 19.4. The van der Waals surface area contributed by atoms with Gasteiger partial charge in [0.2, 0.25) is 11.8 Å². The molecule has 6 nitrogen and oxygen atoms in total. The highest BCUT2D eigenvalue weighted by Crippen LogP contribution is 2.23. The molecule has 144 valence electrons. The number of benzene rings is 1. The number of nitriles is 1. The second-order valence-corrected chi connectivity index (χ2v) is 7.97. The molecule has 0 aliphatic carbocycles. The van der Waals surface area contributed by atoms with Gasteiger partial charge in [0.1, 0.15) is 5.41 Å². The summed E-state index contributed by atoms with van der Waals surface area (Å²) in [5, 5.41) is 9.18. The van der Waals surface area contributed by atoms with Gasteiger partial charge in [-0.05, 0) is 32.3 Å². The zero-order valence-corrected chi connectivity index (χ0v) is 16.2. The van der Waals surface area contributed by atoms with E-state index in [0.717, 1.165) is 24.9 Å². The molecule has 2 fully saturated rings. The van der Waals surface area contributed by atoms with Crippen molar-refractivity contribution in [1.82, 2.24) is 14.7 Å². The van der Waals surface area contributed by atoms with Crippen molar-refractivity contribution in [3.63, 3.8) is 0 Å². The van der Waals surface area contributed by atoms with Gasteiger partial charge in [0, 0.05) is 39.3 Å². The molecule has 0 aromatic heterocycles. The second-order valence-electron chi connectivity index (χ2n) is 7.97. The van der Waals surface area contributed by atoms with E-state index >= 15 is 0 Å². The Kier molecular flexibility index (Phi) is 5.81. The van der Waals surface area contributed by atoms with Crippen molar-refractivity contribution in [3.05, 3.63) is 35.9 Å². The van der Waals surface area contributed by atoms with Crippen molar-refractivity contribution in [3.8, 4) is 6.07 Å². The zero-order valence-electron chi connectivity index (χ0n) is 16.2. The van der Waals surface area contributed by atoms with Crippen LogP contribution in [-0.4, -0.2) is 65.3 Å². The number of hydrogen-bond donors (Lipinski definition) is 0. The minimum atomic E-state index is -0.991.